The molecule has 1 fully saturated rings. The molecule has 6 nitrogen and oxygen atoms in total. The molecule has 0 aromatic heterocycles. The molecule has 0 saturated carbocycles. The van der Waals surface area contributed by atoms with E-state index in [1.807, 2.05) is 25.1 Å². The van der Waals surface area contributed by atoms with E-state index >= 15 is 0 Å². The monoisotopic (exact) mass is 338 g/mol. The zero-order chi connectivity index (χ0) is 17.4. The molecular weight excluding hydrogens is 320 g/mol. The predicted octanol–water partition coefficient (Wildman–Crippen LogP) is 2.51. The molecule has 0 radical (unpaired) electrons. The first-order valence-corrected chi connectivity index (χ1v) is 8.21. The summed E-state index contributed by atoms with van der Waals surface area (Å²) in [6.45, 7) is 2.99. The van der Waals surface area contributed by atoms with Gasteiger partial charge in [0, 0.05) is 11.8 Å². The first kappa shape index (κ1) is 15.5. The van der Waals surface area contributed by atoms with Crippen LogP contribution in [-0.4, -0.2) is 31.1 Å². The standard InChI is InChI=1S/C19H18N2O4/c1-12-2-5-14(6-3-12)21-18(22)11-15(19(21)23)20-13-4-7-16-17(10-13)25-9-8-24-16/h2-7,10,15,20H,8-9,11H2,1H3/t15-/m0/s1. The molecule has 2 heterocycles. The first-order valence-electron chi connectivity index (χ1n) is 8.21. The number of hydrogen-bond acceptors (Lipinski definition) is 5. The van der Waals surface area contributed by atoms with E-state index in [1.165, 1.54) is 4.90 Å². The summed E-state index contributed by atoms with van der Waals surface area (Å²) in [6.07, 6.45) is 0.126. The van der Waals surface area contributed by atoms with E-state index in [1.54, 1.807) is 24.3 Å². The topological polar surface area (TPSA) is 67.9 Å². The van der Waals surface area contributed by atoms with Crippen LogP contribution in [0.15, 0.2) is 42.5 Å². The number of imide groups is 1. The molecule has 1 saturated heterocycles. The molecule has 25 heavy (non-hydrogen) atoms. The Hall–Kier alpha value is -3.02. The second kappa shape index (κ2) is 6.12. The van der Waals surface area contributed by atoms with Crippen LogP contribution in [0.25, 0.3) is 0 Å². The number of aryl methyl sites for hydroxylation is 1. The van der Waals surface area contributed by atoms with Crippen LogP contribution in [0, 0.1) is 6.92 Å². The Balaban J connectivity index is 1.53. The highest BCUT2D eigenvalue weighted by Gasteiger charge is 2.39. The normalized spacial score (nSPS) is 19.2. The van der Waals surface area contributed by atoms with Crippen LogP contribution in [0.2, 0.25) is 0 Å². The Bertz CT molecular complexity index is 832. The first-order chi connectivity index (χ1) is 12.1. The largest absolute Gasteiger partial charge is 0.486 e. The number of benzene rings is 2. The lowest BCUT2D eigenvalue weighted by molar-refractivity contribution is -0.121. The number of amides is 2. The molecule has 1 N–H and O–H groups in total. The molecule has 2 aromatic rings. The third-order valence-electron chi connectivity index (χ3n) is 4.32. The highest BCUT2D eigenvalue weighted by atomic mass is 16.6. The lowest BCUT2D eigenvalue weighted by atomic mass is 10.2. The van der Waals surface area contributed by atoms with Crippen molar-refractivity contribution in [3.8, 4) is 11.5 Å². The second-order valence-electron chi connectivity index (χ2n) is 6.16. The van der Waals surface area contributed by atoms with Crippen LogP contribution in [-0.2, 0) is 9.59 Å². The zero-order valence-electron chi connectivity index (χ0n) is 13.8. The van der Waals surface area contributed by atoms with Crippen LogP contribution >= 0.6 is 0 Å². The Morgan fingerprint density at radius 3 is 2.48 bits per heavy atom. The Labute approximate surface area is 145 Å². The quantitative estimate of drug-likeness (QED) is 0.871. The van der Waals surface area contributed by atoms with Gasteiger partial charge in [-0.1, -0.05) is 17.7 Å². The Morgan fingerprint density at radius 2 is 1.72 bits per heavy atom. The summed E-state index contributed by atoms with van der Waals surface area (Å²) in [5, 5.41) is 3.13. The molecule has 0 spiro atoms. The molecule has 4 rings (SSSR count). The molecular formula is C19H18N2O4. The van der Waals surface area contributed by atoms with Crippen molar-refractivity contribution in [3.63, 3.8) is 0 Å². The molecule has 6 heteroatoms. The summed E-state index contributed by atoms with van der Waals surface area (Å²) in [7, 11) is 0. The van der Waals surface area contributed by atoms with E-state index in [0.717, 1.165) is 11.3 Å². The summed E-state index contributed by atoms with van der Waals surface area (Å²) >= 11 is 0. The van der Waals surface area contributed by atoms with Crippen LogP contribution in [0.1, 0.15) is 12.0 Å². The van der Waals surface area contributed by atoms with Gasteiger partial charge in [0.15, 0.2) is 11.5 Å². The van der Waals surface area contributed by atoms with Crippen molar-refractivity contribution in [2.75, 3.05) is 23.4 Å². The van der Waals surface area contributed by atoms with Crippen molar-refractivity contribution in [3.05, 3.63) is 48.0 Å². The number of nitrogens with zero attached hydrogens (tertiary/aromatic N) is 1. The molecule has 0 aliphatic carbocycles. The molecule has 2 aromatic carbocycles. The molecule has 128 valence electrons. The lowest BCUT2D eigenvalue weighted by Gasteiger charge is -2.20. The van der Waals surface area contributed by atoms with E-state index in [9.17, 15) is 9.59 Å². The third kappa shape index (κ3) is 2.91. The number of rotatable bonds is 3. The number of anilines is 2. The highest BCUT2D eigenvalue weighted by Crippen LogP contribution is 2.33. The average Bonchev–Trinajstić information content (AvgIpc) is 2.89. The molecule has 2 amide bonds. The van der Waals surface area contributed by atoms with Crippen LogP contribution in [0.5, 0.6) is 11.5 Å². The number of carbonyl (C=O) groups excluding carboxylic acids is 2. The minimum atomic E-state index is -0.587. The van der Waals surface area contributed by atoms with Gasteiger partial charge in [0.25, 0.3) is 5.91 Å². The molecule has 2 aliphatic rings. The van der Waals surface area contributed by atoms with Gasteiger partial charge < -0.3 is 14.8 Å². The molecule has 0 unspecified atom stereocenters. The fraction of sp³-hybridized carbons (Fsp3) is 0.263. The maximum absolute atomic E-state index is 12.7. The highest BCUT2D eigenvalue weighted by molar-refractivity contribution is 6.23. The van der Waals surface area contributed by atoms with E-state index in [0.29, 0.717) is 30.4 Å². The Morgan fingerprint density at radius 1 is 1.00 bits per heavy atom. The van der Waals surface area contributed by atoms with Gasteiger partial charge in [-0.05, 0) is 31.2 Å². The van der Waals surface area contributed by atoms with Crippen molar-refractivity contribution in [2.24, 2.45) is 0 Å². The van der Waals surface area contributed by atoms with Gasteiger partial charge in [0.1, 0.15) is 19.3 Å². The van der Waals surface area contributed by atoms with E-state index < -0.39 is 6.04 Å². The number of fused-ring (bicyclic) bond motifs is 1. The second-order valence-corrected chi connectivity index (χ2v) is 6.16. The van der Waals surface area contributed by atoms with Crippen molar-refractivity contribution in [1.29, 1.82) is 0 Å². The summed E-state index contributed by atoms with van der Waals surface area (Å²) < 4.78 is 11.0. The van der Waals surface area contributed by atoms with E-state index in [4.69, 9.17) is 9.47 Å². The SMILES string of the molecule is Cc1ccc(N2C(=O)C[C@H](Nc3ccc4c(c3)OCCO4)C2=O)cc1. The average molecular weight is 338 g/mol. The lowest BCUT2D eigenvalue weighted by Crippen LogP contribution is -2.34. The van der Waals surface area contributed by atoms with Crippen molar-refractivity contribution >= 4 is 23.2 Å². The summed E-state index contributed by atoms with van der Waals surface area (Å²) in [5.74, 6) is 0.878. The Kier molecular flexibility index (Phi) is 3.80. The van der Waals surface area contributed by atoms with E-state index in [2.05, 4.69) is 5.32 Å². The van der Waals surface area contributed by atoms with Crippen molar-refractivity contribution < 1.29 is 19.1 Å². The van der Waals surface area contributed by atoms with Gasteiger partial charge in [-0.2, -0.15) is 0 Å². The van der Waals surface area contributed by atoms with Crippen LogP contribution < -0.4 is 19.7 Å². The maximum Gasteiger partial charge on any atom is 0.256 e. The zero-order valence-corrected chi connectivity index (χ0v) is 13.8. The van der Waals surface area contributed by atoms with Gasteiger partial charge in [-0.25, -0.2) is 4.90 Å². The number of ether oxygens (including phenoxy) is 2. The molecule has 1 atom stereocenters. The predicted molar refractivity (Wildman–Crippen MR) is 93.1 cm³/mol. The van der Waals surface area contributed by atoms with Crippen LogP contribution in [0.4, 0.5) is 11.4 Å². The van der Waals surface area contributed by atoms with E-state index in [-0.39, 0.29) is 18.2 Å². The van der Waals surface area contributed by atoms with Gasteiger partial charge in [0.05, 0.1) is 12.1 Å². The summed E-state index contributed by atoms with van der Waals surface area (Å²) in [6, 6.07) is 12.2. The fourth-order valence-electron chi connectivity index (χ4n) is 3.04. The van der Waals surface area contributed by atoms with Gasteiger partial charge in [0.2, 0.25) is 5.91 Å². The minimum absolute atomic E-state index is 0.126. The summed E-state index contributed by atoms with van der Waals surface area (Å²) in [5.41, 5.74) is 2.40. The number of carbonyl (C=O) groups is 2. The fourth-order valence-corrected chi connectivity index (χ4v) is 3.04. The van der Waals surface area contributed by atoms with Crippen LogP contribution in [0.3, 0.4) is 0 Å². The number of hydrogen-bond donors (Lipinski definition) is 1. The smallest absolute Gasteiger partial charge is 0.256 e. The van der Waals surface area contributed by atoms with Crippen molar-refractivity contribution in [1.82, 2.24) is 0 Å². The van der Waals surface area contributed by atoms with Gasteiger partial charge >= 0.3 is 0 Å². The van der Waals surface area contributed by atoms with Gasteiger partial charge in [-0.3, -0.25) is 9.59 Å². The van der Waals surface area contributed by atoms with Gasteiger partial charge in [-0.15, -0.1) is 0 Å². The maximum atomic E-state index is 12.7. The summed E-state index contributed by atoms with van der Waals surface area (Å²) in [4.78, 5) is 26.2. The molecule has 0 bridgehead atoms. The number of nitrogens with one attached hydrogen (secondary N) is 1. The van der Waals surface area contributed by atoms with Crippen molar-refractivity contribution in [2.45, 2.75) is 19.4 Å². The minimum Gasteiger partial charge on any atom is -0.486 e. The molecule has 2 aliphatic heterocycles. The third-order valence-corrected chi connectivity index (χ3v) is 4.32.